The Bertz CT molecular complexity index is 286. The van der Waals surface area contributed by atoms with Crippen molar-refractivity contribution in [2.24, 2.45) is 5.92 Å². The Morgan fingerprint density at radius 2 is 2.23 bits per heavy atom. The minimum Gasteiger partial charge on any atom is -0.310 e. The molecule has 0 amide bonds. The van der Waals surface area contributed by atoms with Crippen molar-refractivity contribution in [1.82, 2.24) is 5.32 Å². The van der Waals surface area contributed by atoms with Gasteiger partial charge in [0.25, 0.3) is 0 Å². The summed E-state index contributed by atoms with van der Waals surface area (Å²) in [5.41, 5.74) is 0. The van der Waals surface area contributed by atoms with Gasteiger partial charge in [-0.2, -0.15) is 0 Å². The Labute approximate surface area is 79.8 Å². The van der Waals surface area contributed by atoms with Gasteiger partial charge in [0.05, 0.1) is 11.5 Å². The molecule has 76 valence electrons. The molecule has 3 atom stereocenters. The van der Waals surface area contributed by atoms with Crippen molar-refractivity contribution in [3.63, 3.8) is 0 Å². The van der Waals surface area contributed by atoms with Crippen LogP contribution in [-0.4, -0.2) is 32.0 Å². The van der Waals surface area contributed by atoms with E-state index in [0.717, 1.165) is 12.3 Å². The number of hydrogen-bond acceptors (Lipinski definition) is 3. The van der Waals surface area contributed by atoms with E-state index in [1.807, 2.05) is 0 Å². The normalized spacial score (nSPS) is 42.1. The Hall–Kier alpha value is -0.0900. The Kier molecular flexibility index (Phi) is 2.36. The first-order valence-corrected chi connectivity index (χ1v) is 6.89. The van der Waals surface area contributed by atoms with Gasteiger partial charge in [-0.3, -0.25) is 0 Å². The van der Waals surface area contributed by atoms with Gasteiger partial charge in [-0.15, -0.1) is 0 Å². The molecule has 2 rings (SSSR count). The molecule has 0 bridgehead atoms. The van der Waals surface area contributed by atoms with Crippen LogP contribution in [0, 0.1) is 5.92 Å². The van der Waals surface area contributed by atoms with Crippen molar-refractivity contribution in [2.75, 3.05) is 11.5 Å². The molecule has 1 aliphatic heterocycles. The first-order chi connectivity index (χ1) is 6.11. The maximum atomic E-state index is 11.2. The number of nitrogens with one attached hydrogen (secondary N) is 1. The van der Waals surface area contributed by atoms with Gasteiger partial charge in [-0.1, -0.05) is 13.3 Å². The Morgan fingerprint density at radius 3 is 2.69 bits per heavy atom. The van der Waals surface area contributed by atoms with Crippen molar-refractivity contribution in [3.05, 3.63) is 0 Å². The molecule has 1 aliphatic carbocycles. The fraction of sp³-hybridized carbons (Fsp3) is 1.00. The predicted molar refractivity (Wildman–Crippen MR) is 52.4 cm³/mol. The Morgan fingerprint density at radius 1 is 1.46 bits per heavy atom. The lowest BCUT2D eigenvalue weighted by atomic mass is 10.2. The lowest BCUT2D eigenvalue weighted by Crippen LogP contribution is -2.32. The second-order valence-electron chi connectivity index (χ2n) is 4.28. The third kappa shape index (κ3) is 2.23. The molecule has 1 saturated heterocycles. The highest BCUT2D eigenvalue weighted by atomic mass is 32.2. The van der Waals surface area contributed by atoms with Crippen LogP contribution >= 0.6 is 0 Å². The van der Waals surface area contributed by atoms with Gasteiger partial charge in [0.2, 0.25) is 0 Å². The van der Waals surface area contributed by atoms with E-state index in [-0.39, 0.29) is 6.04 Å². The highest BCUT2D eigenvalue weighted by Gasteiger charge is 2.39. The molecule has 0 aromatic carbocycles. The molecule has 1 heterocycles. The fourth-order valence-electron chi connectivity index (χ4n) is 2.13. The largest absolute Gasteiger partial charge is 0.310 e. The molecular weight excluding hydrogens is 186 g/mol. The second kappa shape index (κ2) is 3.24. The van der Waals surface area contributed by atoms with Gasteiger partial charge >= 0.3 is 0 Å². The highest BCUT2D eigenvalue weighted by Crippen LogP contribution is 2.34. The van der Waals surface area contributed by atoms with Crippen molar-refractivity contribution < 1.29 is 8.42 Å². The first-order valence-electron chi connectivity index (χ1n) is 5.07. The zero-order valence-corrected chi connectivity index (χ0v) is 8.81. The quantitative estimate of drug-likeness (QED) is 0.729. The minimum absolute atomic E-state index is 0.242. The van der Waals surface area contributed by atoms with E-state index in [9.17, 15) is 8.42 Å². The summed E-state index contributed by atoms with van der Waals surface area (Å²) in [5, 5.41) is 3.43. The first kappa shape index (κ1) is 9.46. The van der Waals surface area contributed by atoms with Gasteiger partial charge in [0.1, 0.15) is 0 Å². The van der Waals surface area contributed by atoms with Crippen LogP contribution in [0.3, 0.4) is 0 Å². The third-order valence-corrected chi connectivity index (χ3v) is 4.90. The average molecular weight is 203 g/mol. The lowest BCUT2D eigenvalue weighted by molar-refractivity contribution is 0.525. The van der Waals surface area contributed by atoms with Gasteiger partial charge in [0, 0.05) is 12.1 Å². The molecule has 1 N–H and O–H groups in total. The van der Waals surface area contributed by atoms with Gasteiger partial charge in [-0.25, -0.2) is 8.42 Å². The summed E-state index contributed by atoms with van der Waals surface area (Å²) in [6, 6.07) is 0.856. The molecule has 3 unspecified atom stereocenters. The van der Waals surface area contributed by atoms with Crippen molar-refractivity contribution in [2.45, 2.75) is 38.3 Å². The predicted octanol–water partition coefficient (Wildman–Crippen LogP) is 0.562. The summed E-state index contributed by atoms with van der Waals surface area (Å²) in [6.07, 6.45) is 3.28. The van der Waals surface area contributed by atoms with Crippen LogP contribution in [0.5, 0.6) is 0 Å². The van der Waals surface area contributed by atoms with Gasteiger partial charge < -0.3 is 5.32 Å². The SMILES string of the molecule is CCC1CC1NC1CCS(=O)(=O)C1. The monoisotopic (exact) mass is 203 g/mol. The van der Waals surface area contributed by atoms with Crippen molar-refractivity contribution in [1.29, 1.82) is 0 Å². The minimum atomic E-state index is -2.70. The number of rotatable bonds is 3. The summed E-state index contributed by atoms with van der Waals surface area (Å²) in [5.74, 6) is 1.55. The van der Waals surface area contributed by atoms with Gasteiger partial charge in [-0.05, 0) is 18.8 Å². The van der Waals surface area contributed by atoms with E-state index >= 15 is 0 Å². The highest BCUT2D eigenvalue weighted by molar-refractivity contribution is 7.91. The van der Waals surface area contributed by atoms with Crippen molar-refractivity contribution in [3.8, 4) is 0 Å². The summed E-state index contributed by atoms with van der Waals surface area (Å²) in [7, 11) is -2.70. The number of hydrogen-bond donors (Lipinski definition) is 1. The molecule has 4 heteroatoms. The molecule has 13 heavy (non-hydrogen) atoms. The molecule has 1 saturated carbocycles. The molecule has 0 aromatic rings. The summed E-state index contributed by atoms with van der Waals surface area (Å²) < 4.78 is 22.3. The lowest BCUT2D eigenvalue weighted by Gasteiger charge is -2.09. The van der Waals surface area contributed by atoms with E-state index in [2.05, 4.69) is 12.2 Å². The van der Waals surface area contributed by atoms with E-state index in [4.69, 9.17) is 0 Å². The summed E-state index contributed by atoms with van der Waals surface area (Å²) in [4.78, 5) is 0. The van der Waals surface area contributed by atoms with Crippen LogP contribution in [0.1, 0.15) is 26.2 Å². The molecule has 0 aromatic heterocycles. The zero-order chi connectivity index (χ0) is 9.47. The van der Waals surface area contributed by atoms with Crippen LogP contribution in [-0.2, 0) is 9.84 Å². The molecular formula is C9H17NO2S. The molecule has 0 spiro atoms. The molecule has 0 radical (unpaired) electrons. The molecule has 2 fully saturated rings. The second-order valence-corrected chi connectivity index (χ2v) is 6.51. The zero-order valence-electron chi connectivity index (χ0n) is 7.99. The van der Waals surface area contributed by atoms with Crippen LogP contribution in [0.4, 0.5) is 0 Å². The maximum absolute atomic E-state index is 11.2. The van der Waals surface area contributed by atoms with E-state index < -0.39 is 9.84 Å². The van der Waals surface area contributed by atoms with E-state index in [0.29, 0.717) is 17.5 Å². The van der Waals surface area contributed by atoms with Crippen LogP contribution in [0.25, 0.3) is 0 Å². The van der Waals surface area contributed by atoms with Crippen LogP contribution < -0.4 is 5.32 Å². The van der Waals surface area contributed by atoms with E-state index in [1.54, 1.807) is 0 Å². The smallest absolute Gasteiger partial charge is 0.151 e. The molecule has 2 aliphatic rings. The van der Waals surface area contributed by atoms with Crippen LogP contribution in [0.2, 0.25) is 0 Å². The average Bonchev–Trinajstić information content (AvgIpc) is 2.70. The van der Waals surface area contributed by atoms with Crippen LogP contribution in [0.15, 0.2) is 0 Å². The van der Waals surface area contributed by atoms with E-state index in [1.165, 1.54) is 12.8 Å². The molecule has 3 nitrogen and oxygen atoms in total. The Balaban J connectivity index is 1.79. The summed E-state index contributed by atoms with van der Waals surface area (Å²) in [6.45, 7) is 2.19. The van der Waals surface area contributed by atoms with Gasteiger partial charge in [0.15, 0.2) is 9.84 Å². The maximum Gasteiger partial charge on any atom is 0.151 e. The number of sulfone groups is 1. The topological polar surface area (TPSA) is 46.2 Å². The fourth-order valence-corrected chi connectivity index (χ4v) is 3.82. The standard InChI is InChI=1S/C9H17NO2S/c1-2-7-5-9(7)10-8-3-4-13(11,12)6-8/h7-10H,2-6H2,1H3. The van der Waals surface area contributed by atoms with Crippen molar-refractivity contribution >= 4 is 9.84 Å². The third-order valence-electron chi connectivity index (χ3n) is 3.13. The summed E-state index contributed by atoms with van der Waals surface area (Å²) >= 11 is 0.